The minimum atomic E-state index is 0.740. The summed E-state index contributed by atoms with van der Waals surface area (Å²) in [5, 5.41) is 0. The molecule has 1 aromatic heterocycles. The number of nitrogens with zero attached hydrogens (tertiary/aromatic N) is 4. The second-order valence-corrected chi connectivity index (χ2v) is 4.70. The maximum atomic E-state index is 4.38. The zero-order chi connectivity index (χ0) is 10.8. The number of hydrogen-bond donors (Lipinski definition) is 0. The van der Waals surface area contributed by atoms with Crippen LogP contribution in [0.5, 0.6) is 0 Å². The molecule has 4 heteroatoms. The normalized spacial score (nSPS) is 26.5. The van der Waals surface area contributed by atoms with Crippen LogP contribution in [0.3, 0.4) is 0 Å². The number of rotatable bonds is 1. The molecule has 2 fully saturated rings. The third-order valence-electron chi connectivity index (χ3n) is 3.71. The van der Waals surface area contributed by atoms with Crippen molar-refractivity contribution in [3.8, 4) is 0 Å². The first-order chi connectivity index (χ1) is 7.93. The van der Waals surface area contributed by atoms with Crippen molar-refractivity contribution in [3.05, 3.63) is 18.6 Å². The maximum Gasteiger partial charge on any atom is 0.147 e. The Hall–Kier alpha value is -1.16. The summed E-state index contributed by atoms with van der Waals surface area (Å²) >= 11 is 0. The molecule has 16 heavy (non-hydrogen) atoms. The van der Waals surface area contributed by atoms with Gasteiger partial charge >= 0.3 is 0 Å². The molecule has 2 aliphatic heterocycles. The molecule has 0 N–H and O–H groups in total. The maximum absolute atomic E-state index is 4.38. The molecule has 0 spiro atoms. The van der Waals surface area contributed by atoms with Crippen LogP contribution >= 0.6 is 0 Å². The van der Waals surface area contributed by atoms with E-state index < -0.39 is 0 Å². The summed E-state index contributed by atoms with van der Waals surface area (Å²) in [4.78, 5) is 13.5. The number of fused-ring (bicyclic) bond motifs is 1. The van der Waals surface area contributed by atoms with Crippen molar-refractivity contribution in [3.63, 3.8) is 0 Å². The second kappa shape index (κ2) is 4.37. The van der Waals surface area contributed by atoms with Crippen molar-refractivity contribution in [2.45, 2.75) is 25.3 Å². The van der Waals surface area contributed by atoms with Gasteiger partial charge in [-0.05, 0) is 19.4 Å². The SMILES string of the molecule is c1cnc(N2CCN3CCCCC3C2)cn1. The topological polar surface area (TPSA) is 32.3 Å². The van der Waals surface area contributed by atoms with E-state index in [4.69, 9.17) is 0 Å². The number of aromatic nitrogens is 2. The number of piperazine rings is 1. The van der Waals surface area contributed by atoms with Gasteiger partial charge in [0.1, 0.15) is 5.82 Å². The van der Waals surface area contributed by atoms with Gasteiger partial charge in [0.15, 0.2) is 0 Å². The average Bonchev–Trinajstić information content (AvgIpc) is 2.39. The fourth-order valence-corrected chi connectivity index (χ4v) is 2.82. The van der Waals surface area contributed by atoms with Crippen molar-refractivity contribution < 1.29 is 0 Å². The Morgan fingerprint density at radius 2 is 2.12 bits per heavy atom. The lowest BCUT2D eigenvalue weighted by atomic mass is 9.99. The van der Waals surface area contributed by atoms with E-state index in [0.29, 0.717) is 0 Å². The van der Waals surface area contributed by atoms with Gasteiger partial charge < -0.3 is 4.90 Å². The Bertz CT molecular complexity index is 340. The molecule has 0 aromatic carbocycles. The van der Waals surface area contributed by atoms with Gasteiger partial charge in [-0.25, -0.2) is 4.98 Å². The Morgan fingerprint density at radius 1 is 1.12 bits per heavy atom. The van der Waals surface area contributed by atoms with Crippen molar-refractivity contribution in [2.75, 3.05) is 31.1 Å². The molecule has 0 bridgehead atoms. The van der Waals surface area contributed by atoms with Crippen LogP contribution in [-0.4, -0.2) is 47.1 Å². The Morgan fingerprint density at radius 3 is 3.00 bits per heavy atom. The highest BCUT2D eigenvalue weighted by molar-refractivity contribution is 5.36. The summed E-state index contributed by atoms with van der Waals surface area (Å²) in [6, 6.07) is 0.740. The van der Waals surface area contributed by atoms with Crippen molar-refractivity contribution in [1.29, 1.82) is 0 Å². The summed E-state index contributed by atoms with van der Waals surface area (Å²) < 4.78 is 0. The van der Waals surface area contributed by atoms with E-state index in [2.05, 4.69) is 19.8 Å². The standard InChI is InChI=1S/C12H18N4/c1-2-6-15-7-8-16(10-11(15)3-1)12-9-13-4-5-14-12/h4-5,9,11H,1-3,6-8,10H2. The summed E-state index contributed by atoms with van der Waals surface area (Å²) in [6.07, 6.45) is 9.50. The van der Waals surface area contributed by atoms with Crippen LogP contribution in [-0.2, 0) is 0 Å². The van der Waals surface area contributed by atoms with Gasteiger partial charge in [0, 0.05) is 38.1 Å². The number of hydrogen-bond acceptors (Lipinski definition) is 4. The van der Waals surface area contributed by atoms with E-state index in [1.54, 1.807) is 12.4 Å². The third-order valence-corrected chi connectivity index (χ3v) is 3.71. The first-order valence-corrected chi connectivity index (χ1v) is 6.18. The van der Waals surface area contributed by atoms with E-state index in [-0.39, 0.29) is 0 Å². The molecule has 0 saturated carbocycles. The zero-order valence-corrected chi connectivity index (χ0v) is 9.55. The van der Waals surface area contributed by atoms with Crippen molar-refractivity contribution in [1.82, 2.24) is 14.9 Å². The minimum Gasteiger partial charge on any atom is -0.352 e. The van der Waals surface area contributed by atoms with E-state index in [1.165, 1.54) is 32.4 Å². The Kier molecular flexibility index (Phi) is 2.74. The summed E-state index contributed by atoms with van der Waals surface area (Å²) in [7, 11) is 0. The largest absolute Gasteiger partial charge is 0.352 e. The van der Waals surface area contributed by atoms with Crippen LogP contribution in [0, 0.1) is 0 Å². The summed E-state index contributed by atoms with van der Waals surface area (Å²) in [5.41, 5.74) is 0. The van der Waals surface area contributed by atoms with Gasteiger partial charge in [0.2, 0.25) is 0 Å². The molecule has 0 aliphatic carbocycles. The highest BCUT2D eigenvalue weighted by Gasteiger charge is 2.29. The minimum absolute atomic E-state index is 0.740. The monoisotopic (exact) mass is 218 g/mol. The first kappa shape index (κ1) is 10.0. The molecule has 1 aromatic rings. The van der Waals surface area contributed by atoms with Gasteiger partial charge in [-0.3, -0.25) is 9.88 Å². The third kappa shape index (κ3) is 1.89. The van der Waals surface area contributed by atoms with E-state index >= 15 is 0 Å². The first-order valence-electron chi connectivity index (χ1n) is 6.18. The molecule has 3 heterocycles. The van der Waals surface area contributed by atoms with Crippen LogP contribution in [0.1, 0.15) is 19.3 Å². The molecule has 1 unspecified atom stereocenters. The molecule has 4 nitrogen and oxygen atoms in total. The molecule has 86 valence electrons. The Labute approximate surface area is 96.3 Å². The molecule has 0 amide bonds. The van der Waals surface area contributed by atoms with Crippen LogP contribution in [0.15, 0.2) is 18.6 Å². The average molecular weight is 218 g/mol. The van der Waals surface area contributed by atoms with Crippen molar-refractivity contribution in [2.24, 2.45) is 0 Å². The second-order valence-electron chi connectivity index (χ2n) is 4.70. The zero-order valence-electron chi connectivity index (χ0n) is 9.55. The fourth-order valence-electron chi connectivity index (χ4n) is 2.82. The number of piperidine rings is 1. The summed E-state index contributed by atoms with van der Waals surface area (Å²) in [5.74, 6) is 1.03. The van der Waals surface area contributed by atoms with Crippen LogP contribution in [0.25, 0.3) is 0 Å². The number of anilines is 1. The van der Waals surface area contributed by atoms with Gasteiger partial charge in [-0.15, -0.1) is 0 Å². The predicted molar refractivity (Wildman–Crippen MR) is 63.5 cm³/mol. The molecular formula is C12H18N4. The van der Waals surface area contributed by atoms with E-state index in [9.17, 15) is 0 Å². The lowest BCUT2D eigenvalue weighted by molar-refractivity contribution is 0.133. The highest BCUT2D eigenvalue weighted by atomic mass is 15.3. The quantitative estimate of drug-likeness (QED) is 0.708. The van der Waals surface area contributed by atoms with E-state index in [0.717, 1.165) is 24.9 Å². The predicted octanol–water partition coefficient (Wildman–Crippen LogP) is 1.15. The smallest absolute Gasteiger partial charge is 0.147 e. The van der Waals surface area contributed by atoms with Crippen LogP contribution < -0.4 is 4.90 Å². The lowest BCUT2D eigenvalue weighted by Gasteiger charge is -2.44. The lowest BCUT2D eigenvalue weighted by Crippen LogP contribution is -2.55. The molecule has 3 rings (SSSR count). The van der Waals surface area contributed by atoms with Gasteiger partial charge in [-0.1, -0.05) is 6.42 Å². The molecule has 0 radical (unpaired) electrons. The van der Waals surface area contributed by atoms with Gasteiger partial charge in [0.05, 0.1) is 6.20 Å². The van der Waals surface area contributed by atoms with Gasteiger partial charge in [0.25, 0.3) is 0 Å². The summed E-state index contributed by atoms with van der Waals surface area (Å²) in [6.45, 7) is 4.69. The molecule has 1 atom stereocenters. The van der Waals surface area contributed by atoms with E-state index in [1.807, 2.05) is 6.20 Å². The fraction of sp³-hybridized carbons (Fsp3) is 0.667. The van der Waals surface area contributed by atoms with Gasteiger partial charge in [-0.2, -0.15) is 0 Å². The van der Waals surface area contributed by atoms with Crippen molar-refractivity contribution >= 4 is 5.82 Å². The van der Waals surface area contributed by atoms with Crippen LogP contribution in [0.4, 0.5) is 5.82 Å². The molecule has 2 aliphatic rings. The molecule has 2 saturated heterocycles. The molecular weight excluding hydrogens is 200 g/mol. The Balaban J connectivity index is 1.71. The van der Waals surface area contributed by atoms with Crippen LogP contribution in [0.2, 0.25) is 0 Å². The highest BCUT2D eigenvalue weighted by Crippen LogP contribution is 2.23.